The third-order valence-electron chi connectivity index (χ3n) is 4.27. The Morgan fingerprint density at radius 3 is 2.58 bits per heavy atom. The second-order valence-corrected chi connectivity index (χ2v) is 8.08. The summed E-state index contributed by atoms with van der Waals surface area (Å²) < 4.78 is 55.4. The van der Waals surface area contributed by atoms with Crippen molar-refractivity contribution in [1.82, 2.24) is 5.32 Å². The predicted molar refractivity (Wildman–Crippen MR) is 92.0 cm³/mol. The third-order valence-corrected chi connectivity index (χ3v) is 5.45. The van der Waals surface area contributed by atoms with Gasteiger partial charge in [0.05, 0.1) is 6.04 Å². The highest BCUT2D eigenvalue weighted by Crippen LogP contribution is 2.33. The van der Waals surface area contributed by atoms with E-state index in [0.717, 1.165) is 6.07 Å². The van der Waals surface area contributed by atoms with Crippen molar-refractivity contribution in [2.45, 2.75) is 25.6 Å². The van der Waals surface area contributed by atoms with Gasteiger partial charge in [-0.05, 0) is 36.1 Å². The van der Waals surface area contributed by atoms with Crippen LogP contribution in [-0.2, 0) is 16.5 Å². The molecule has 0 saturated heterocycles. The number of aliphatic hydroxyl groups excluding tert-OH is 1. The molecule has 0 radical (unpaired) electrons. The Balaban J connectivity index is 1.73. The first-order valence-corrected chi connectivity index (χ1v) is 9.71. The van der Waals surface area contributed by atoms with Gasteiger partial charge in [0.1, 0.15) is 29.4 Å². The minimum atomic E-state index is -3.76. The van der Waals surface area contributed by atoms with E-state index in [1.807, 2.05) is 0 Å². The summed E-state index contributed by atoms with van der Waals surface area (Å²) in [6.07, 6.45) is -0.854. The summed E-state index contributed by atoms with van der Waals surface area (Å²) in [6, 6.07) is 9.24. The van der Waals surface area contributed by atoms with Gasteiger partial charge >= 0.3 is 10.1 Å². The van der Waals surface area contributed by atoms with Crippen molar-refractivity contribution < 1.29 is 26.5 Å². The molecule has 26 heavy (non-hydrogen) atoms. The zero-order valence-corrected chi connectivity index (χ0v) is 14.8. The van der Waals surface area contributed by atoms with E-state index in [2.05, 4.69) is 5.32 Å². The minimum absolute atomic E-state index is 0.223. The standard InChI is InChI=1S/C18H19F2NO4S/c1-11(6-12-7-13(19)9-14(20)8-12)18(22)21-16-10-26(23,24)25-17-5-3-2-4-15(16)17/h2-5,7-9,11,16,18,21-22H,6,10H2,1H3/t11-,16?,18-/m0/s1. The molecule has 5 nitrogen and oxygen atoms in total. The van der Waals surface area contributed by atoms with Gasteiger partial charge in [0.25, 0.3) is 0 Å². The molecular formula is C18H19F2NO4S. The Bertz CT molecular complexity index is 884. The molecule has 1 aliphatic rings. The van der Waals surface area contributed by atoms with Crippen LogP contribution in [0.5, 0.6) is 5.75 Å². The molecule has 1 heterocycles. The van der Waals surface area contributed by atoms with Crippen molar-refractivity contribution in [2.24, 2.45) is 5.92 Å². The second kappa shape index (κ2) is 7.30. The Morgan fingerprint density at radius 1 is 1.23 bits per heavy atom. The zero-order valence-electron chi connectivity index (χ0n) is 14.0. The van der Waals surface area contributed by atoms with Crippen LogP contribution in [0, 0.1) is 17.6 Å². The monoisotopic (exact) mass is 383 g/mol. The maximum Gasteiger partial charge on any atom is 0.311 e. The fraction of sp³-hybridized carbons (Fsp3) is 0.333. The molecule has 1 aliphatic heterocycles. The summed E-state index contributed by atoms with van der Waals surface area (Å²) in [5.74, 6) is -1.86. The summed E-state index contributed by atoms with van der Waals surface area (Å²) in [5, 5.41) is 13.3. The van der Waals surface area contributed by atoms with Gasteiger partial charge in [0.2, 0.25) is 0 Å². The fourth-order valence-corrected chi connectivity index (χ4v) is 4.21. The molecule has 2 aromatic rings. The van der Waals surface area contributed by atoms with Gasteiger partial charge in [-0.1, -0.05) is 25.1 Å². The van der Waals surface area contributed by atoms with Crippen LogP contribution in [0.1, 0.15) is 24.1 Å². The quantitative estimate of drug-likeness (QED) is 0.613. The lowest BCUT2D eigenvalue weighted by Crippen LogP contribution is -2.43. The van der Waals surface area contributed by atoms with Crippen molar-refractivity contribution in [3.63, 3.8) is 0 Å². The Kier molecular flexibility index (Phi) is 5.27. The van der Waals surface area contributed by atoms with Crippen molar-refractivity contribution in [3.8, 4) is 5.75 Å². The highest BCUT2D eigenvalue weighted by molar-refractivity contribution is 7.87. The van der Waals surface area contributed by atoms with Crippen LogP contribution in [0.25, 0.3) is 0 Å². The first-order valence-electron chi connectivity index (χ1n) is 8.14. The van der Waals surface area contributed by atoms with E-state index < -0.39 is 39.9 Å². The van der Waals surface area contributed by atoms with E-state index >= 15 is 0 Å². The SMILES string of the molecule is C[C@@H](Cc1cc(F)cc(F)c1)[C@H](O)NC1CS(=O)(=O)Oc2ccccc21. The van der Waals surface area contributed by atoms with Crippen molar-refractivity contribution >= 4 is 10.1 Å². The molecule has 140 valence electrons. The summed E-state index contributed by atoms with van der Waals surface area (Å²) >= 11 is 0. The van der Waals surface area contributed by atoms with E-state index in [0.29, 0.717) is 11.1 Å². The molecule has 1 unspecified atom stereocenters. The Morgan fingerprint density at radius 2 is 1.88 bits per heavy atom. The van der Waals surface area contributed by atoms with Gasteiger partial charge in [-0.25, -0.2) is 8.78 Å². The van der Waals surface area contributed by atoms with Crippen LogP contribution >= 0.6 is 0 Å². The van der Waals surface area contributed by atoms with Crippen LogP contribution in [0.2, 0.25) is 0 Å². The van der Waals surface area contributed by atoms with Crippen molar-refractivity contribution in [3.05, 3.63) is 65.2 Å². The van der Waals surface area contributed by atoms with E-state index in [-0.39, 0.29) is 17.9 Å². The smallest absolute Gasteiger partial charge is 0.311 e. The summed E-state index contributed by atoms with van der Waals surface area (Å²) in [6.45, 7) is 1.71. The Labute approximate surface area is 150 Å². The molecule has 3 rings (SSSR count). The Hall–Kier alpha value is -2.03. The van der Waals surface area contributed by atoms with Gasteiger partial charge < -0.3 is 9.29 Å². The van der Waals surface area contributed by atoms with Crippen LogP contribution in [-0.4, -0.2) is 25.5 Å². The summed E-state index contributed by atoms with van der Waals surface area (Å²) in [4.78, 5) is 0. The molecule has 0 fully saturated rings. The minimum Gasteiger partial charge on any atom is -0.382 e. The molecule has 0 saturated carbocycles. The number of halogens is 2. The van der Waals surface area contributed by atoms with Gasteiger partial charge in [0, 0.05) is 11.6 Å². The van der Waals surface area contributed by atoms with Crippen LogP contribution in [0.3, 0.4) is 0 Å². The summed E-state index contributed by atoms with van der Waals surface area (Å²) in [5.41, 5.74) is 1.04. The lowest BCUT2D eigenvalue weighted by atomic mass is 9.98. The number of para-hydroxylation sites is 1. The van der Waals surface area contributed by atoms with E-state index in [1.54, 1.807) is 31.2 Å². The van der Waals surface area contributed by atoms with Crippen molar-refractivity contribution in [1.29, 1.82) is 0 Å². The number of nitrogens with one attached hydrogen (secondary N) is 1. The van der Waals surface area contributed by atoms with Gasteiger partial charge in [0.15, 0.2) is 0 Å². The first kappa shape index (κ1) is 18.8. The average Bonchev–Trinajstić information content (AvgIpc) is 2.52. The molecule has 0 aliphatic carbocycles. The van der Waals surface area contributed by atoms with E-state index in [9.17, 15) is 22.3 Å². The molecule has 0 bridgehead atoms. The van der Waals surface area contributed by atoms with Crippen LogP contribution < -0.4 is 9.50 Å². The maximum absolute atomic E-state index is 13.3. The normalized spacial score (nSPS) is 20.7. The van der Waals surface area contributed by atoms with Crippen molar-refractivity contribution in [2.75, 3.05) is 5.75 Å². The molecule has 3 atom stereocenters. The molecule has 8 heteroatoms. The molecule has 0 amide bonds. The van der Waals surface area contributed by atoms with Crippen LogP contribution in [0.15, 0.2) is 42.5 Å². The molecule has 2 aromatic carbocycles. The molecule has 2 N–H and O–H groups in total. The number of benzene rings is 2. The van der Waals surface area contributed by atoms with E-state index in [4.69, 9.17) is 4.18 Å². The number of fused-ring (bicyclic) bond motifs is 1. The van der Waals surface area contributed by atoms with Gasteiger partial charge in [-0.2, -0.15) is 8.42 Å². The number of aliphatic hydroxyl groups is 1. The van der Waals surface area contributed by atoms with E-state index in [1.165, 1.54) is 12.1 Å². The predicted octanol–water partition coefficient (Wildman–Crippen LogP) is 2.51. The fourth-order valence-electron chi connectivity index (χ4n) is 3.03. The molecular weight excluding hydrogens is 364 g/mol. The van der Waals surface area contributed by atoms with Crippen LogP contribution in [0.4, 0.5) is 8.78 Å². The summed E-state index contributed by atoms with van der Waals surface area (Å²) in [7, 11) is -3.76. The largest absolute Gasteiger partial charge is 0.382 e. The first-order chi connectivity index (χ1) is 12.2. The highest BCUT2D eigenvalue weighted by Gasteiger charge is 2.33. The maximum atomic E-state index is 13.3. The number of hydrogen-bond donors (Lipinski definition) is 2. The number of rotatable bonds is 5. The lowest BCUT2D eigenvalue weighted by Gasteiger charge is -2.30. The van der Waals surface area contributed by atoms with Gasteiger partial charge in [-0.15, -0.1) is 0 Å². The highest BCUT2D eigenvalue weighted by atomic mass is 32.2. The lowest BCUT2D eigenvalue weighted by molar-refractivity contribution is 0.0716. The molecule has 0 spiro atoms. The topological polar surface area (TPSA) is 75.6 Å². The average molecular weight is 383 g/mol. The molecule has 0 aromatic heterocycles. The zero-order chi connectivity index (χ0) is 18.9. The second-order valence-electron chi connectivity index (χ2n) is 6.47. The van der Waals surface area contributed by atoms with Gasteiger partial charge in [-0.3, -0.25) is 5.32 Å². The third kappa shape index (κ3) is 4.38. The number of hydrogen-bond acceptors (Lipinski definition) is 5.